The number of allylic oxidation sites excluding steroid dienone is 1. The molecule has 0 unspecified atom stereocenters. The van der Waals surface area contributed by atoms with Gasteiger partial charge >= 0.3 is 6.18 Å². The lowest BCUT2D eigenvalue weighted by atomic mass is 9.99. The van der Waals surface area contributed by atoms with Gasteiger partial charge in [-0.3, -0.25) is 4.68 Å². The fraction of sp³-hybridized carbons (Fsp3) is 0.364. The quantitative estimate of drug-likeness (QED) is 0.608. The molecule has 0 bridgehead atoms. The molecule has 0 spiro atoms. The standard InChI is InChI=1S/C22H23F4N5/c1-13(22(24,25)26)21-14-5-4-6-17(27-18-7-9-30(2)12-16(18)23)15(14)11-20(28-21)19-8-10-31(3)29-19/h4-6,8,10-11,16,18,27H,1,7,9,12H2,2-3H3/t16-,18+/m0/s1. The number of anilines is 1. The van der Waals surface area contributed by atoms with E-state index in [1.54, 1.807) is 48.3 Å². The predicted molar refractivity (Wildman–Crippen MR) is 113 cm³/mol. The van der Waals surface area contributed by atoms with Gasteiger partial charge in [0.25, 0.3) is 0 Å². The molecule has 0 radical (unpaired) electrons. The maximum absolute atomic E-state index is 14.6. The summed E-state index contributed by atoms with van der Waals surface area (Å²) in [5, 5.41) is 8.31. The lowest BCUT2D eigenvalue weighted by Gasteiger charge is -2.33. The minimum Gasteiger partial charge on any atom is -0.379 e. The summed E-state index contributed by atoms with van der Waals surface area (Å²) in [5.74, 6) is 0. The van der Waals surface area contributed by atoms with E-state index in [4.69, 9.17) is 0 Å². The van der Waals surface area contributed by atoms with Crippen LogP contribution in [0.2, 0.25) is 0 Å². The summed E-state index contributed by atoms with van der Waals surface area (Å²) in [6, 6.07) is 7.90. The molecule has 0 aliphatic carbocycles. The minimum absolute atomic E-state index is 0.255. The van der Waals surface area contributed by atoms with E-state index in [9.17, 15) is 17.6 Å². The van der Waals surface area contributed by atoms with E-state index < -0.39 is 24.0 Å². The van der Waals surface area contributed by atoms with Gasteiger partial charge in [-0.05, 0) is 31.7 Å². The summed E-state index contributed by atoms with van der Waals surface area (Å²) in [6.07, 6.45) is -3.44. The van der Waals surface area contributed by atoms with Crippen LogP contribution in [-0.4, -0.2) is 58.2 Å². The summed E-state index contributed by atoms with van der Waals surface area (Å²) in [4.78, 5) is 6.18. The van der Waals surface area contributed by atoms with Crippen molar-refractivity contribution in [2.24, 2.45) is 7.05 Å². The number of hydrogen-bond donors (Lipinski definition) is 1. The van der Waals surface area contributed by atoms with Crippen molar-refractivity contribution < 1.29 is 17.6 Å². The number of hydrogen-bond acceptors (Lipinski definition) is 4. The van der Waals surface area contributed by atoms with E-state index in [1.807, 2.05) is 11.9 Å². The van der Waals surface area contributed by atoms with Gasteiger partial charge in [-0.25, -0.2) is 9.37 Å². The average Bonchev–Trinajstić information content (AvgIpc) is 3.14. The normalized spacial score (nSPS) is 20.2. The Morgan fingerprint density at radius 2 is 1.94 bits per heavy atom. The monoisotopic (exact) mass is 433 g/mol. The van der Waals surface area contributed by atoms with Gasteiger partial charge in [0.05, 0.1) is 23.0 Å². The first-order valence-electron chi connectivity index (χ1n) is 9.93. The number of piperidine rings is 1. The number of nitrogens with zero attached hydrogens (tertiary/aromatic N) is 4. The van der Waals surface area contributed by atoms with Crippen molar-refractivity contribution in [3.8, 4) is 11.4 Å². The summed E-state index contributed by atoms with van der Waals surface area (Å²) in [7, 11) is 3.58. The van der Waals surface area contributed by atoms with Crippen LogP contribution in [0.1, 0.15) is 12.1 Å². The van der Waals surface area contributed by atoms with Gasteiger partial charge in [0.15, 0.2) is 0 Å². The van der Waals surface area contributed by atoms with Crippen molar-refractivity contribution in [3.63, 3.8) is 0 Å². The number of rotatable bonds is 4. The molecule has 0 saturated carbocycles. The minimum atomic E-state index is -4.63. The Kier molecular flexibility index (Phi) is 5.47. The van der Waals surface area contributed by atoms with Crippen molar-refractivity contribution in [2.45, 2.75) is 24.8 Å². The molecule has 1 saturated heterocycles. The maximum atomic E-state index is 14.6. The van der Waals surface area contributed by atoms with Crippen molar-refractivity contribution in [1.82, 2.24) is 19.7 Å². The Morgan fingerprint density at radius 3 is 2.58 bits per heavy atom. The van der Waals surface area contributed by atoms with Crippen LogP contribution in [0, 0.1) is 0 Å². The third-order valence-electron chi connectivity index (χ3n) is 5.56. The first kappa shape index (κ1) is 21.3. The lowest BCUT2D eigenvalue weighted by Crippen LogP contribution is -2.46. The summed E-state index contributed by atoms with van der Waals surface area (Å²) >= 11 is 0. The molecule has 0 amide bonds. The molecule has 3 heterocycles. The highest BCUT2D eigenvalue weighted by atomic mass is 19.4. The third kappa shape index (κ3) is 4.27. The van der Waals surface area contributed by atoms with Crippen LogP contribution >= 0.6 is 0 Å². The molecule has 5 nitrogen and oxygen atoms in total. The average molecular weight is 433 g/mol. The second-order valence-electron chi connectivity index (χ2n) is 7.93. The highest BCUT2D eigenvalue weighted by Crippen LogP contribution is 2.38. The molecule has 164 valence electrons. The second kappa shape index (κ2) is 7.96. The lowest BCUT2D eigenvalue weighted by molar-refractivity contribution is -0.0688. The second-order valence-corrected chi connectivity index (χ2v) is 7.93. The van der Waals surface area contributed by atoms with Crippen LogP contribution in [0.15, 0.2) is 43.1 Å². The number of halogens is 4. The fourth-order valence-corrected chi connectivity index (χ4v) is 3.87. The number of fused-ring (bicyclic) bond motifs is 1. The molecule has 31 heavy (non-hydrogen) atoms. The molecule has 2 atom stereocenters. The van der Waals surface area contributed by atoms with Crippen molar-refractivity contribution in [1.29, 1.82) is 0 Å². The molecular formula is C22H23F4N5. The molecule has 4 rings (SSSR count). The van der Waals surface area contributed by atoms with E-state index >= 15 is 0 Å². The van der Waals surface area contributed by atoms with Gasteiger partial charge in [0, 0.05) is 42.8 Å². The Hall–Kier alpha value is -2.94. The van der Waals surface area contributed by atoms with Crippen LogP contribution in [-0.2, 0) is 7.05 Å². The third-order valence-corrected chi connectivity index (χ3v) is 5.56. The van der Waals surface area contributed by atoms with Crippen LogP contribution in [0.5, 0.6) is 0 Å². The molecule has 9 heteroatoms. The SMILES string of the molecule is C=C(c1nc(-c2ccn(C)n2)cc2c(N[C@@H]3CCN(C)C[C@@H]3F)cccc12)C(F)(F)F. The number of aromatic nitrogens is 3. The topological polar surface area (TPSA) is 46.0 Å². The predicted octanol–water partition coefficient (Wildman–Crippen LogP) is 4.66. The van der Waals surface area contributed by atoms with Gasteiger partial charge in [-0.15, -0.1) is 0 Å². The zero-order valence-electron chi connectivity index (χ0n) is 17.2. The number of pyridine rings is 1. The van der Waals surface area contributed by atoms with E-state index in [-0.39, 0.29) is 5.69 Å². The highest BCUT2D eigenvalue weighted by Gasteiger charge is 2.35. The van der Waals surface area contributed by atoms with Crippen LogP contribution < -0.4 is 5.32 Å². The zero-order valence-corrected chi connectivity index (χ0v) is 17.2. The zero-order chi connectivity index (χ0) is 22.3. The summed E-state index contributed by atoms with van der Waals surface area (Å²) < 4.78 is 56.8. The number of likely N-dealkylation sites (tertiary alicyclic amines) is 1. The molecular weight excluding hydrogens is 410 g/mol. The van der Waals surface area contributed by atoms with E-state index in [0.717, 1.165) is 6.54 Å². The molecule has 1 aliphatic rings. The fourth-order valence-electron chi connectivity index (χ4n) is 3.87. The van der Waals surface area contributed by atoms with Gasteiger partial charge in [-0.1, -0.05) is 18.7 Å². The van der Waals surface area contributed by atoms with Crippen molar-refractivity contribution >= 4 is 22.0 Å². The first-order chi connectivity index (χ1) is 14.6. The number of benzene rings is 1. The first-order valence-corrected chi connectivity index (χ1v) is 9.93. The summed E-state index contributed by atoms with van der Waals surface area (Å²) in [5.41, 5.74) is 0.0103. The largest absolute Gasteiger partial charge is 0.417 e. The van der Waals surface area contributed by atoms with E-state index in [2.05, 4.69) is 22.0 Å². The number of alkyl halides is 4. The van der Waals surface area contributed by atoms with Crippen LogP contribution in [0.4, 0.5) is 23.2 Å². The Balaban J connectivity index is 1.85. The van der Waals surface area contributed by atoms with E-state index in [1.165, 1.54) is 0 Å². The van der Waals surface area contributed by atoms with E-state index in [0.29, 0.717) is 40.8 Å². The Labute approximate surface area is 177 Å². The molecule has 1 aromatic carbocycles. The van der Waals surface area contributed by atoms with Crippen molar-refractivity contribution in [3.05, 3.63) is 48.8 Å². The Morgan fingerprint density at radius 1 is 1.16 bits per heavy atom. The van der Waals surface area contributed by atoms with Gasteiger partial charge < -0.3 is 10.2 Å². The Bertz CT molecular complexity index is 1120. The summed E-state index contributed by atoms with van der Waals surface area (Å²) in [6.45, 7) is 4.29. The van der Waals surface area contributed by atoms with Crippen LogP contribution in [0.3, 0.4) is 0 Å². The molecule has 3 aromatic rings. The molecule has 1 N–H and O–H groups in total. The molecule has 1 fully saturated rings. The van der Waals surface area contributed by atoms with Crippen molar-refractivity contribution in [2.75, 3.05) is 25.5 Å². The number of nitrogens with one attached hydrogen (secondary N) is 1. The molecule has 1 aliphatic heterocycles. The van der Waals surface area contributed by atoms with Crippen LogP contribution in [0.25, 0.3) is 27.7 Å². The number of aryl methyl sites for hydroxylation is 1. The maximum Gasteiger partial charge on any atom is 0.417 e. The van der Waals surface area contributed by atoms with Gasteiger partial charge in [0.2, 0.25) is 0 Å². The molecule has 2 aromatic heterocycles. The van der Waals surface area contributed by atoms with Gasteiger partial charge in [0.1, 0.15) is 11.9 Å². The highest BCUT2D eigenvalue weighted by molar-refractivity contribution is 6.01. The van der Waals surface area contributed by atoms with Gasteiger partial charge in [-0.2, -0.15) is 18.3 Å². The smallest absolute Gasteiger partial charge is 0.379 e.